The number of amides is 1. The molecule has 38 heavy (non-hydrogen) atoms. The van der Waals surface area contributed by atoms with Gasteiger partial charge in [0, 0.05) is 59.2 Å². The fraction of sp³-hybridized carbons (Fsp3) is 0.448. The highest BCUT2D eigenvalue weighted by Gasteiger charge is 2.23. The van der Waals surface area contributed by atoms with Crippen LogP contribution in [0.3, 0.4) is 0 Å². The first-order valence-electron chi connectivity index (χ1n) is 13.3. The fourth-order valence-electron chi connectivity index (χ4n) is 4.50. The topological polar surface area (TPSA) is 106 Å². The van der Waals surface area contributed by atoms with E-state index in [1.165, 1.54) is 16.5 Å². The summed E-state index contributed by atoms with van der Waals surface area (Å²) >= 11 is 0. The third kappa shape index (κ3) is 7.15. The van der Waals surface area contributed by atoms with Crippen molar-refractivity contribution in [1.82, 2.24) is 9.88 Å². The van der Waals surface area contributed by atoms with Gasteiger partial charge in [0.2, 0.25) is 11.8 Å². The van der Waals surface area contributed by atoms with E-state index in [2.05, 4.69) is 72.6 Å². The molecule has 9 nitrogen and oxygen atoms in total. The first-order valence-corrected chi connectivity index (χ1v) is 13.3. The van der Waals surface area contributed by atoms with Crippen LogP contribution < -0.4 is 15.0 Å². The maximum Gasteiger partial charge on any atom is 0.230 e. The van der Waals surface area contributed by atoms with Crippen LogP contribution in [0.25, 0.3) is 21.2 Å². The van der Waals surface area contributed by atoms with Gasteiger partial charge in [0.1, 0.15) is 5.82 Å². The van der Waals surface area contributed by atoms with Crippen LogP contribution >= 0.6 is 0 Å². The number of pyridine rings is 1. The summed E-state index contributed by atoms with van der Waals surface area (Å²) in [6, 6.07) is 18.7. The summed E-state index contributed by atoms with van der Waals surface area (Å²) in [6.45, 7) is 11.3. The summed E-state index contributed by atoms with van der Waals surface area (Å²) in [6.07, 6.45) is 1.95. The van der Waals surface area contributed by atoms with Gasteiger partial charge in [0.05, 0.1) is 13.2 Å². The Kier molecular flexibility index (Phi) is 9.05. The van der Waals surface area contributed by atoms with Crippen LogP contribution in [0, 0.1) is 5.41 Å². The number of ether oxygens (including phenoxy) is 1. The quantitative estimate of drug-likeness (QED) is 0.154. The van der Waals surface area contributed by atoms with E-state index in [0.29, 0.717) is 23.9 Å². The van der Waals surface area contributed by atoms with Crippen molar-refractivity contribution in [2.45, 2.75) is 40.2 Å². The number of anilines is 2. The molecule has 200 valence electrons. The molecule has 1 fully saturated rings. The molecule has 0 atom stereocenters. The van der Waals surface area contributed by atoms with Crippen molar-refractivity contribution in [2.75, 3.05) is 49.5 Å². The number of hydrogen-bond acceptors (Lipinski definition) is 6. The highest BCUT2D eigenvalue weighted by atomic mass is 16.5. The number of nitrogens with one attached hydrogen (secondary N) is 1. The second-order valence-electron chi connectivity index (χ2n) is 10.6. The van der Waals surface area contributed by atoms with E-state index in [9.17, 15) is 4.79 Å². The molecule has 1 N–H and O–H groups in total. The third-order valence-electron chi connectivity index (χ3n) is 6.77. The minimum Gasteiger partial charge on any atom is -0.478 e. The van der Waals surface area contributed by atoms with Crippen molar-refractivity contribution in [3.05, 3.63) is 70.6 Å². The number of unbranched alkanes of at least 4 members (excludes halogenated alkanes) is 1. The van der Waals surface area contributed by atoms with Crippen molar-refractivity contribution in [1.29, 1.82) is 0 Å². The van der Waals surface area contributed by atoms with Gasteiger partial charge in [-0.2, -0.15) is 4.98 Å². The predicted octanol–water partition coefficient (Wildman–Crippen LogP) is 6.01. The van der Waals surface area contributed by atoms with E-state index in [1.54, 1.807) is 12.1 Å². The van der Waals surface area contributed by atoms with E-state index < -0.39 is 5.41 Å². The normalized spacial score (nSPS) is 14.2. The zero-order valence-electron chi connectivity index (χ0n) is 22.6. The maximum absolute atomic E-state index is 12.5. The van der Waals surface area contributed by atoms with Crippen LogP contribution in [-0.2, 0) is 11.3 Å². The molecule has 0 spiro atoms. The third-order valence-corrected chi connectivity index (χ3v) is 6.77. The molecule has 0 aliphatic carbocycles. The maximum atomic E-state index is 12.5. The molecule has 4 rings (SSSR count). The van der Waals surface area contributed by atoms with Crippen LogP contribution in [0.2, 0.25) is 0 Å². The molecule has 0 unspecified atom stereocenters. The van der Waals surface area contributed by atoms with Crippen LogP contribution in [0.4, 0.5) is 11.5 Å². The lowest BCUT2D eigenvalue weighted by Gasteiger charge is -2.36. The van der Waals surface area contributed by atoms with Gasteiger partial charge in [-0.25, -0.2) is 0 Å². The SMILES string of the molecule is CC(C)(C)C(=O)Nc1nc(OCCCCN2CCN(c3cccc4ccccc34)CC2)ccc1CN=[N+]=[N-]. The van der Waals surface area contributed by atoms with Crippen LogP contribution in [0.5, 0.6) is 5.88 Å². The monoisotopic (exact) mass is 515 g/mol. The minimum absolute atomic E-state index is 0.108. The molecule has 1 aliphatic rings. The summed E-state index contributed by atoms with van der Waals surface area (Å²) < 4.78 is 5.89. The molecule has 0 saturated carbocycles. The number of fused-ring (bicyclic) bond motifs is 1. The van der Waals surface area contributed by atoms with Gasteiger partial charge in [-0.3, -0.25) is 9.69 Å². The lowest BCUT2D eigenvalue weighted by Crippen LogP contribution is -2.46. The first kappa shape index (κ1) is 27.2. The van der Waals surface area contributed by atoms with Crippen LogP contribution in [0.15, 0.2) is 59.7 Å². The van der Waals surface area contributed by atoms with Gasteiger partial charge in [0.15, 0.2) is 0 Å². The number of hydrogen-bond donors (Lipinski definition) is 1. The van der Waals surface area contributed by atoms with Crippen LogP contribution in [0.1, 0.15) is 39.2 Å². The molecule has 1 saturated heterocycles. The number of carbonyl (C=O) groups excluding carboxylic acids is 1. The first-order chi connectivity index (χ1) is 18.3. The van der Waals surface area contributed by atoms with Crippen LogP contribution in [-0.4, -0.2) is 55.1 Å². The zero-order valence-corrected chi connectivity index (χ0v) is 22.6. The van der Waals surface area contributed by atoms with E-state index in [1.807, 2.05) is 20.8 Å². The average Bonchev–Trinajstić information content (AvgIpc) is 2.92. The second kappa shape index (κ2) is 12.6. The van der Waals surface area contributed by atoms with Gasteiger partial charge >= 0.3 is 0 Å². The molecule has 1 amide bonds. The number of piperazine rings is 1. The minimum atomic E-state index is -0.575. The zero-order chi connectivity index (χ0) is 27.0. The number of nitrogens with zero attached hydrogens (tertiary/aromatic N) is 6. The van der Waals surface area contributed by atoms with Crippen molar-refractivity contribution in [3.63, 3.8) is 0 Å². The molecule has 3 aromatic rings. The van der Waals surface area contributed by atoms with Crippen molar-refractivity contribution >= 4 is 28.2 Å². The predicted molar refractivity (Wildman–Crippen MR) is 153 cm³/mol. The summed E-state index contributed by atoms with van der Waals surface area (Å²) in [5.74, 6) is 0.659. The van der Waals surface area contributed by atoms with Gasteiger partial charge in [0.25, 0.3) is 0 Å². The Morgan fingerprint density at radius 2 is 1.82 bits per heavy atom. The van der Waals surface area contributed by atoms with E-state index in [4.69, 9.17) is 10.3 Å². The average molecular weight is 516 g/mol. The summed E-state index contributed by atoms with van der Waals surface area (Å²) in [4.78, 5) is 24.8. The highest BCUT2D eigenvalue weighted by Crippen LogP contribution is 2.27. The molecule has 2 heterocycles. The molecular formula is C29H37N7O2. The molecule has 0 bridgehead atoms. The van der Waals surface area contributed by atoms with Crippen molar-refractivity contribution in [3.8, 4) is 5.88 Å². The highest BCUT2D eigenvalue weighted by molar-refractivity contribution is 5.95. The number of carbonyl (C=O) groups is 1. The number of azide groups is 1. The fourth-order valence-corrected chi connectivity index (χ4v) is 4.50. The molecule has 1 aromatic heterocycles. The molecular weight excluding hydrogens is 478 g/mol. The Bertz CT molecular complexity index is 1280. The second-order valence-corrected chi connectivity index (χ2v) is 10.6. The lowest BCUT2D eigenvalue weighted by atomic mass is 9.95. The van der Waals surface area contributed by atoms with Crippen molar-refractivity contribution in [2.24, 2.45) is 10.5 Å². The Labute approximate surface area is 224 Å². The lowest BCUT2D eigenvalue weighted by molar-refractivity contribution is -0.123. The Morgan fingerprint density at radius 3 is 2.58 bits per heavy atom. The van der Waals surface area contributed by atoms with Gasteiger partial charge in [-0.05, 0) is 42.4 Å². The Morgan fingerprint density at radius 1 is 1.05 bits per heavy atom. The molecule has 9 heteroatoms. The molecule has 1 aliphatic heterocycles. The number of rotatable bonds is 10. The summed E-state index contributed by atoms with van der Waals surface area (Å²) in [7, 11) is 0. The molecule has 0 radical (unpaired) electrons. The summed E-state index contributed by atoms with van der Waals surface area (Å²) in [5, 5.41) is 9.06. The largest absolute Gasteiger partial charge is 0.478 e. The Balaban J connectivity index is 1.23. The Hall–Kier alpha value is -3.81. The van der Waals surface area contributed by atoms with E-state index in [-0.39, 0.29) is 12.5 Å². The summed E-state index contributed by atoms with van der Waals surface area (Å²) in [5.41, 5.74) is 10.1. The van der Waals surface area contributed by atoms with E-state index >= 15 is 0 Å². The van der Waals surface area contributed by atoms with E-state index in [0.717, 1.165) is 45.6 Å². The van der Waals surface area contributed by atoms with Gasteiger partial charge in [-0.1, -0.05) is 62.3 Å². The van der Waals surface area contributed by atoms with Crippen molar-refractivity contribution < 1.29 is 9.53 Å². The molecule has 2 aromatic carbocycles. The van der Waals surface area contributed by atoms with Gasteiger partial charge < -0.3 is 15.0 Å². The standard InChI is InChI=1S/C29H37N7O2/c1-29(2,3)28(37)33-27-23(21-31-34-30)13-14-26(32-27)38-20-7-6-15-35-16-18-36(19-17-35)25-12-8-10-22-9-4-5-11-24(22)25/h4-5,8-14H,6-7,15-21H2,1-3H3,(H,32,33,37). The number of benzene rings is 2. The number of aromatic nitrogens is 1. The van der Waals surface area contributed by atoms with Gasteiger partial charge in [-0.15, -0.1) is 0 Å². The smallest absolute Gasteiger partial charge is 0.230 e.